The van der Waals surface area contributed by atoms with Crippen LogP contribution in [0.25, 0.3) is 10.4 Å². The third-order valence-corrected chi connectivity index (χ3v) is 4.85. The molecule has 0 spiro atoms. The molecule has 148 valence electrons. The van der Waals surface area contributed by atoms with Gasteiger partial charge in [0.2, 0.25) is 0 Å². The Bertz CT molecular complexity index is 854. The summed E-state index contributed by atoms with van der Waals surface area (Å²) in [5.74, 6) is -2.42. The van der Waals surface area contributed by atoms with Crippen LogP contribution in [0, 0.1) is 0 Å². The lowest BCUT2D eigenvalue weighted by atomic mass is 10.1. The summed E-state index contributed by atoms with van der Waals surface area (Å²) in [5.41, 5.74) is 8.53. The van der Waals surface area contributed by atoms with Gasteiger partial charge in [-0.05, 0) is 17.7 Å². The van der Waals surface area contributed by atoms with Gasteiger partial charge >= 0.3 is 5.97 Å². The van der Waals surface area contributed by atoms with Gasteiger partial charge in [0.15, 0.2) is 0 Å². The zero-order chi connectivity index (χ0) is 20.7. The van der Waals surface area contributed by atoms with Gasteiger partial charge in [-0.25, -0.2) is 4.79 Å². The molecule has 1 aromatic carbocycles. The molecule has 12 heteroatoms. The summed E-state index contributed by atoms with van der Waals surface area (Å²) < 4.78 is 0. The molecule has 2 N–H and O–H groups in total. The summed E-state index contributed by atoms with van der Waals surface area (Å²) in [4.78, 5) is 54.5. The minimum absolute atomic E-state index is 0.00617. The van der Waals surface area contributed by atoms with Gasteiger partial charge in [-0.15, -0.1) is 16.8 Å². The number of phenols is 1. The average Bonchev–Trinajstić information content (AvgIpc) is 2.92. The maximum absolute atomic E-state index is 12.1. The van der Waals surface area contributed by atoms with Crippen molar-refractivity contribution in [2.24, 2.45) is 5.11 Å². The van der Waals surface area contributed by atoms with Crippen LogP contribution in [0.15, 0.2) is 23.3 Å². The molecule has 11 nitrogen and oxygen atoms in total. The first-order valence-electron chi connectivity index (χ1n) is 8.22. The lowest BCUT2D eigenvalue weighted by molar-refractivity contribution is -0.197. The molecule has 1 atom stereocenters. The SMILES string of the molecule is CCC(=O)ON1C(=O)CC(SCCNC(=O)c2ccc(N=[N+]=[N-])cc2O)C1=O. The fraction of sp³-hybridized carbons (Fsp3) is 0.375. The van der Waals surface area contributed by atoms with Crippen molar-refractivity contribution in [1.29, 1.82) is 0 Å². The molecule has 3 amide bonds. The zero-order valence-corrected chi connectivity index (χ0v) is 15.6. The molecule has 1 fully saturated rings. The molecule has 0 radical (unpaired) electrons. The Morgan fingerprint density at radius 2 is 2.21 bits per heavy atom. The molecule has 0 aliphatic carbocycles. The summed E-state index contributed by atoms with van der Waals surface area (Å²) >= 11 is 1.15. The number of imide groups is 1. The predicted molar refractivity (Wildman–Crippen MR) is 98.3 cm³/mol. The Hall–Kier alpha value is -3.24. The highest BCUT2D eigenvalue weighted by molar-refractivity contribution is 8.00. The van der Waals surface area contributed by atoms with E-state index in [0.717, 1.165) is 11.8 Å². The molecule has 0 saturated carbocycles. The summed E-state index contributed by atoms with van der Waals surface area (Å²) in [6.45, 7) is 1.72. The van der Waals surface area contributed by atoms with Crippen molar-refractivity contribution in [3.63, 3.8) is 0 Å². The lowest BCUT2D eigenvalue weighted by Crippen LogP contribution is -2.34. The number of azide groups is 1. The Morgan fingerprint density at radius 3 is 2.86 bits per heavy atom. The standard InChI is InChI=1S/C16H17N5O6S/c1-2-14(24)27-21-13(23)8-12(16(21)26)28-6-5-18-15(25)10-4-3-9(19-20-17)7-11(10)22/h3-4,7,12,22H,2,5-6,8H2,1H3,(H,18,25). The average molecular weight is 407 g/mol. The number of aromatic hydroxyl groups is 1. The van der Waals surface area contributed by atoms with Crippen LogP contribution < -0.4 is 5.32 Å². The molecule has 1 unspecified atom stereocenters. The minimum Gasteiger partial charge on any atom is -0.507 e. The van der Waals surface area contributed by atoms with Crippen molar-refractivity contribution < 1.29 is 29.1 Å². The summed E-state index contributed by atoms with van der Waals surface area (Å²) in [7, 11) is 0. The van der Waals surface area contributed by atoms with Crippen molar-refractivity contribution in [1.82, 2.24) is 10.4 Å². The fourth-order valence-corrected chi connectivity index (χ4v) is 3.27. The Morgan fingerprint density at radius 1 is 1.46 bits per heavy atom. The van der Waals surface area contributed by atoms with Crippen LogP contribution in [0.5, 0.6) is 5.75 Å². The number of thioether (sulfide) groups is 1. The van der Waals surface area contributed by atoms with Crippen LogP contribution in [-0.2, 0) is 19.2 Å². The molecular formula is C16H17N5O6S. The van der Waals surface area contributed by atoms with E-state index in [4.69, 9.17) is 10.4 Å². The van der Waals surface area contributed by atoms with Gasteiger partial charge in [0, 0.05) is 29.3 Å². The molecule has 2 rings (SSSR count). The number of carbonyl (C=O) groups is 4. The maximum Gasteiger partial charge on any atom is 0.332 e. The number of phenolic OH excluding ortho intramolecular Hbond substituents is 1. The van der Waals surface area contributed by atoms with Crippen LogP contribution in [-0.4, -0.2) is 51.4 Å². The van der Waals surface area contributed by atoms with Crippen molar-refractivity contribution in [2.75, 3.05) is 12.3 Å². The second-order valence-corrected chi connectivity index (χ2v) is 6.86. The molecular weight excluding hydrogens is 390 g/mol. The first-order chi connectivity index (χ1) is 13.4. The van der Waals surface area contributed by atoms with E-state index in [9.17, 15) is 24.3 Å². The predicted octanol–water partition coefficient (Wildman–Crippen LogP) is 1.79. The van der Waals surface area contributed by atoms with Crippen molar-refractivity contribution in [3.8, 4) is 5.75 Å². The number of hydrogen-bond donors (Lipinski definition) is 2. The number of hydrogen-bond acceptors (Lipinski definition) is 8. The molecule has 1 aromatic rings. The number of carbonyl (C=O) groups excluding carboxylic acids is 4. The van der Waals surface area contributed by atoms with Gasteiger partial charge in [-0.2, -0.15) is 0 Å². The first-order valence-corrected chi connectivity index (χ1v) is 9.27. The highest BCUT2D eigenvalue weighted by atomic mass is 32.2. The third-order valence-electron chi connectivity index (χ3n) is 3.64. The van der Waals surface area contributed by atoms with Crippen molar-refractivity contribution in [3.05, 3.63) is 34.2 Å². The largest absolute Gasteiger partial charge is 0.507 e. The monoisotopic (exact) mass is 407 g/mol. The smallest absolute Gasteiger partial charge is 0.332 e. The molecule has 1 aliphatic rings. The third kappa shape index (κ3) is 5.15. The molecule has 28 heavy (non-hydrogen) atoms. The highest BCUT2D eigenvalue weighted by Crippen LogP contribution is 2.26. The molecule has 0 bridgehead atoms. The number of nitrogens with one attached hydrogen (secondary N) is 1. The lowest BCUT2D eigenvalue weighted by Gasteiger charge is -2.13. The Kier molecular flexibility index (Phi) is 7.24. The number of amides is 3. The van der Waals surface area contributed by atoms with E-state index in [1.165, 1.54) is 18.2 Å². The number of rotatable bonds is 8. The molecule has 1 heterocycles. The van der Waals surface area contributed by atoms with E-state index < -0.39 is 28.9 Å². The quantitative estimate of drug-likeness (QED) is 0.218. The second-order valence-electron chi connectivity index (χ2n) is 5.55. The maximum atomic E-state index is 12.1. The van der Waals surface area contributed by atoms with Crippen LogP contribution in [0.3, 0.4) is 0 Å². The summed E-state index contributed by atoms with van der Waals surface area (Å²) in [6, 6.07) is 3.87. The van der Waals surface area contributed by atoms with Crippen LogP contribution >= 0.6 is 11.8 Å². The number of benzene rings is 1. The highest BCUT2D eigenvalue weighted by Gasteiger charge is 2.41. The van der Waals surface area contributed by atoms with E-state index in [2.05, 4.69) is 15.3 Å². The van der Waals surface area contributed by atoms with E-state index in [1.54, 1.807) is 6.92 Å². The van der Waals surface area contributed by atoms with Gasteiger partial charge in [0.05, 0.1) is 17.2 Å². The fourth-order valence-electron chi connectivity index (χ4n) is 2.26. The Balaban J connectivity index is 1.82. The van der Waals surface area contributed by atoms with Gasteiger partial charge in [-0.1, -0.05) is 18.1 Å². The van der Waals surface area contributed by atoms with Crippen LogP contribution in [0.1, 0.15) is 30.1 Å². The first kappa shape index (κ1) is 21.1. The molecule has 1 saturated heterocycles. The van der Waals surface area contributed by atoms with Gasteiger partial charge in [0.1, 0.15) is 5.75 Å². The summed E-state index contributed by atoms with van der Waals surface area (Å²) in [5, 5.41) is 15.5. The zero-order valence-electron chi connectivity index (χ0n) is 14.8. The van der Waals surface area contributed by atoms with Gasteiger partial charge < -0.3 is 15.3 Å². The van der Waals surface area contributed by atoms with E-state index in [1.807, 2.05) is 0 Å². The van der Waals surface area contributed by atoms with Crippen LogP contribution in [0.4, 0.5) is 5.69 Å². The Labute approximate surface area is 163 Å². The second kappa shape index (κ2) is 9.62. The minimum atomic E-state index is -0.689. The van der Waals surface area contributed by atoms with Gasteiger partial charge in [0.25, 0.3) is 17.7 Å². The van der Waals surface area contributed by atoms with E-state index >= 15 is 0 Å². The van der Waals surface area contributed by atoms with Crippen molar-refractivity contribution >= 4 is 41.1 Å². The number of nitrogens with zero attached hydrogens (tertiary/aromatic N) is 4. The topological polar surface area (TPSA) is 162 Å². The summed E-state index contributed by atoms with van der Waals surface area (Å²) in [6.07, 6.45) is -0.0479. The number of hydroxylamine groups is 2. The van der Waals surface area contributed by atoms with Crippen LogP contribution in [0.2, 0.25) is 0 Å². The van der Waals surface area contributed by atoms with E-state index in [0.29, 0.717) is 10.8 Å². The van der Waals surface area contributed by atoms with E-state index in [-0.39, 0.29) is 36.4 Å². The molecule has 0 aromatic heterocycles. The van der Waals surface area contributed by atoms with Gasteiger partial charge in [-0.3, -0.25) is 14.4 Å². The normalized spacial score (nSPS) is 15.9. The van der Waals surface area contributed by atoms with Crippen molar-refractivity contribution in [2.45, 2.75) is 25.0 Å². The molecule has 1 aliphatic heterocycles.